The Bertz CT molecular complexity index is 870. The third-order valence-corrected chi connectivity index (χ3v) is 3.64. The zero-order valence-corrected chi connectivity index (χ0v) is 14.6. The van der Waals surface area contributed by atoms with Gasteiger partial charge in [0.1, 0.15) is 23.1 Å². The summed E-state index contributed by atoms with van der Waals surface area (Å²) in [6.07, 6.45) is -4.60. The van der Waals surface area contributed by atoms with E-state index in [-0.39, 0.29) is 27.1 Å². The molecule has 0 bridgehead atoms. The molecule has 0 atom stereocenters. The molecule has 26 heavy (non-hydrogen) atoms. The van der Waals surface area contributed by atoms with Crippen molar-refractivity contribution in [3.05, 3.63) is 33.9 Å². The van der Waals surface area contributed by atoms with Gasteiger partial charge in [0.2, 0.25) is 0 Å². The highest BCUT2D eigenvalue weighted by Gasteiger charge is 2.32. The Morgan fingerprint density at radius 1 is 1.35 bits per heavy atom. The van der Waals surface area contributed by atoms with E-state index in [2.05, 4.69) is 14.6 Å². The van der Waals surface area contributed by atoms with Crippen molar-refractivity contribution in [3.63, 3.8) is 0 Å². The van der Waals surface area contributed by atoms with E-state index in [1.54, 1.807) is 0 Å². The molecule has 1 aromatic heterocycles. The maximum absolute atomic E-state index is 12.4. The summed E-state index contributed by atoms with van der Waals surface area (Å²) >= 11 is 12.1. The second-order valence-electron chi connectivity index (χ2n) is 4.72. The van der Waals surface area contributed by atoms with Gasteiger partial charge < -0.3 is 9.47 Å². The lowest BCUT2D eigenvalue weighted by Crippen LogP contribution is -2.29. The molecule has 0 aliphatic carbocycles. The maximum Gasteiger partial charge on any atom is 0.573 e. The number of hydrogen-bond acceptors (Lipinski definition) is 5. The lowest BCUT2D eigenvalue weighted by molar-refractivity contribution is -0.274. The highest BCUT2D eigenvalue weighted by molar-refractivity contribution is 6.38. The summed E-state index contributed by atoms with van der Waals surface area (Å²) in [6, 6.07) is 3.60. The molecule has 0 spiro atoms. The number of alkyl halides is 3. The number of carbonyl (C=O) groups excluding carboxylic acids is 1. The zero-order chi connectivity index (χ0) is 19.6. The first kappa shape index (κ1) is 19.7. The van der Waals surface area contributed by atoms with Gasteiger partial charge in [-0.3, -0.25) is 4.90 Å². The summed E-state index contributed by atoms with van der Waals surface area (Å²) in [5.41, 5.74) is -0.0595. The Kier molecular flexibility index (Phi) is 5.53. The topological polar surface area (TPSA) is 80.4 Å². The molecule has 0 N–H and O–H groups in total. The molecule has 2 aromatic rings. The van der Waals surface area contributed by atoms with Gasteiger partial charge in [-0.1, -0.05) is 23.2 Å². The van der Waals surface area contributed by atoms with Gasteiger partial charge in [-0.2, -0.15) is 10.4 Å². The van der Waals surface area contributed by atoms with Crippen LogP contribution in [0, 0.1) is 11.3 Å². The highest BCUT2D eigenvalue weighted by Crippen LogP contribution is 2.37. The van der Waals surface area contributed by atoms with Crippen LogP contribution in [-0.2, 0) is 4.74 Å². The van der Waals surface area contributed by atoms with E-state index in [9.17, 15) is 23.2 Å². The molecule has 0 unspecified atom stereocenters. The summed E-state index contributed by atoms with van der Waals surface area (Å²) in [5.74, 6) is -0.667. The molecule has 1 heterocycles. The van der Waals surface area contributed by atoms with Crippen molar-refractivity contribution in [3.8, 4) is 17.5 Å². The van der Waals surface area contributed by atoms with Crippen molar-refractivity contribution in [2.24, 2.45) is 0 Å². The first-order valence-electron chi connectivity index (χ1n) is 6.64. The first-order chi connectivity index (χ1) is 12.1. The normalized spacial score (nSPS) is 11.0. The Morgan fingerprint density at radius 2 is 1.92 bits per heavy atom. The molecule has 0 aliphatic heterocycles. The predicted octanol–water partition coefficient (Wildman–Crippen LogP) is 4.15. The molecule has 0 aliphatic rings. The molecule has 138 valence electrons. The Balaban J connectivity index is 2.61. The van der Waals surface area contributed by atoms with Crippen LogP contribution in [-0.4, -0.2) is 36.4 Å². The van der Waals surface area contributed by atoms with E-state index in [4.69, 9.17) is 23.2 Å². The number of hydrogen-bond donors (Lipinski definition) is 0. The van der Waals surface area contributed by atoms with Crippen molar-refractivity contribution in [2.75, 3.05) is 19.1 Å². The second-order valence-corrected chi connectivity index (χ2v) is 5.53. The minimum atomic E-state index is -4.93. The zero-order valence-electron chi connectivity index (χ0n) is 13.1. The summed E-state index contributed by atoms with van der Waals surface area (Å²) in [6.45, 7) is 0. The molecule has 0 fully saturated rings. The Hall–Kier alpha value is -2.64. The van der Waals surface area contributed by atoms with Crippen molar-refractivity contribution in [1.29, 1.82) is 5.26 Å². The van der Waals surface area contributed by atoms with Crippen LogP contribution in [0.1, 0.15) is 5.56 Å². The molecule has 2 rings (SSSR count). The molecule has 0 radical (unpaired) electrons. The Morgan fingerprint density at radius 3 is 2.38 bits per heavy atom. The summed E-state index contributed by atoms with van der Waals surface area (Å²) in [4.78, 5) is 12.8. The fraction of sp³-hybridized carbons (Fsp3) is 0.214. The van der Waals surface area contributed by atoms with E-state index in [1.165, 1.54) is 7.05 Å². The molecule has 1 aromatic carbocycles. The van der Waals surface area contributed by atoms with Gasteiger partial charge in [0, 0.05) is 19.2 Å². The van der Waals surface area contributed by atoms with Gasteiger partial charge in [0.25, 0.3) is 0 Å². The lowest BCUT2D eigenvalue weighted by Gasteiger charge is -2.19. The number of amides is 1. The number of rotatable bonds is 3. The number of aromatic nitrogens is 2. The number of carbonyl (C=O) groups is 1. The van der Waals surface area contributed by atoms with Gasteiger partial charge in [-0.25, -0.2) is 9.48 Å². The van der Waals surface area contributed by atoms with Gasteiger partial charge in [0.15, 0.2) is 5.82 Å². The maximum atomic E-state index is 12.4. The number of nitriles is 1. The van der Waals surface area contributed by atoms with E-state index < -0.39 is 18.2 Å². The predicted molar refractivity (Wildman–Crippen MR) is 85.8 cm³/mol. The van der Waals surface area contributed by atoms with Crippen LogP contribution in [0.3, 0.4) is 0 Å². The second kappa shape index (κ2) is 7.31. The fourth-order valence-corrected chi connectivity index (χ4v) is 2.69. The van der Waals surface area contributed by atoms with Crippen molar-refractivity contribution in [1.82, 2.24) is 9.78 Å². The first-order valence-corrected chi connectivity index (χ1v) is 7.39. The number of anilines is 1. The van der Waals surface area contributed by atoms with E-state index >= 15 is 0 Å². The van der Waals surface area contributed by atoms with Crippen LogP contribution in [0.2, 0.25) is 10.0 Å². The summed E-state index contributed by atoms with van der Waals surface area (Å²) in [5, 5.41) is 12.6. The largest absolute Gasteiger partial charge is 0.573 e. The van der Waals surface area contributed by atoms with Crippen LogP contribution >= 0.6 is 23.2 Å². The summed E-state index contributed by atoms with van der Waals surface area (Å²) < 4.78 is 46.5. The summed E-state index contributed by atoms with van der Waals surface area (Å²) in [7, 11) is 2.44. The van der Waals surface area contributed by atoms with E-state index in [1.807, 2.05) is 6.07 Å². The van der Waals surface area contributed by atoms with E-state index in [0.717, 1.165) is 35.0 Å². The molecule has 1 amide bonds. The monoisotopic (exact) mass is 408 g/mol. The van der Waals surface area contributed by atoms with Crippen molar-refractivity contribution < 1.29 is 27.4 Å². The standard InChI is InChI=1S/C14H9Cl2F3N4O3/c1-22(13(24)25-2)12-7(5-20)6-21-23(12)11-9(15)3-8(4-10(11)16)26-14(17,18)19/h3-4,6H,1-2H3. The SMILES string of the molecule is COC(=O)N(C)c1c(C#N)cnn1-c1c(Cl)cc(OC(F)(F)F)cc1Cl. The lowest BCUT2D eigenvalue weighted by atomic mass is 10.3. The molecule has 0 saturated heterocycles. The third kappa shape index (κ3) is 3.95. The number of ether oxygens (including phenoxy) is 2. The number of nitrogens with zero attached hydrogens (tertiary/aromatic N) is 4. The number of halogens is 5. The van der Waals surface area contributed by atoms with Crippen molar-refractivity contribution in [2.45, 2.75) is 6.36 Å². The molecular formula is C14H9Cl2F3N4O3. The third-order valence-electron chi connectivity index (χ3n) is 3.07. The van der Waals surface area contributed by atoms with Crippen molar-refractivity contribution >= 4 is 35.1 Å². The van der Waals surface area contributed by atoms with Crippen LogP contribution in [0.4, 0.5) is 23.8 Å². The highest BCUT2D eigenvalue weighted by atomic mass is 35.5. The minimum Gasteiger partial charge on any atom is -0.452 e. The van der Waals surface area contributed by atoms with Gasteiger partial charge >= 0.3 is 12.5 Å². The fourth-order valence-electron chi connectivity index (χ4n) is 2.07. The number of methoxy groups -OCH3 is 1. The van der Waals surface area contributed by atoms with Crippen LogP contribution in [0.15, 0.2) is 18.3 Å². The van der Waals surface area contributed by atoms with Gasteiger partial charge in [0.05, 0.1) is 23.4 Å². The number of benzene rings is 1. The van der Waals surface area contributed by atoms with Crippen LogP contribution in [0.25, 0.3) is 5.69 Å². The molecule has 7 nitrogen and oxygen atoms in total. The van der Waals surface area contributed by atoms with Crippen LogP contribution in [0.5, 0.6) is 5.75 Å². The average Bonchev–Trinajstić information content (AvgIpc) is 2.94. The minimum absolute atomic E-state index is 0.0133. The molecular weight excluding hydrogens is 400 g/mol. The quantitative estimate of drug-likeness (QED) is 0.761. The average molecular weight is 409 g/mol. The molecule has 0 saturated carbocycles. The van der Waals surface area contributed by atoms with E-state index in [0.29, 0.717) is 0 Å². The smallest absolute Gasteiger partial charge is 0.452 e. The molecule has 12 heteroatoms. The van der Waals surface area contributed by atoms with Gasteiger partial charge in [-0.15, -0.1) is 13.2 Å². The van der Waals surface area contributed by atoms with Gasteiger partial charge in [-0.05, 0) is 0 Å². The Labute approximate surface area is 155 Å². The van der Waals surface area contributed by atoms with Crippen LogP contribution < -0.4 is 9.64 Å².